The van der Waals surface area contributed by atoms with Crippen molar-refractivity contribution in [2.24, 2.45) is 5.92 Å². The van der Waals surface area contributed by atoms with Crippen molar-refractivity contribution in [1.29, 1.82) is 0 Å². The van der Waals surface area contributed by atoms with E-state index in [9.17, 15) is 14.4 Å². The second-order valence-electron chi connectivity index (χ2n) is 13.9. The first-order chi connectivity index (χ1) is 23.9. The van der Waals surface area contributed by atoms with E-state index in [1.54, 1.807) is 52.0 Å². The van der Waals surface area contributed by atoms with E-state index < -0.39 is 29.7 Å². The summed E-state index contributed by atoms with van der Waals surface area (Å²) in [7, 11) is 3.19. The number of hydrogen-bond donors (Lipinski definition) is 0. The second kappa shape index (κ2) is 17.9. The van der Waals surface area contributed by atoms with E-state index in [0.29, 0.717) is 43.1 Å². The van der Waals surface area contributed by atoms with Crippen molar-refractivity contribution in [1.82, 2.24) is 4.90 Å². The van der Waals surface area contributed by atoms with Gasteiger partial charge in [-0.05, 0) is 99.7 Å². The Hall–Kier alpha value is -4.53. The Kier molecular flexibility index (Phi) is 13.7. The smallest absolute Gasteiger partial charge is 0.344 e. The molecule has 0 bridgehead atoms. The van der Waals surface area contributed by atoms with Gasteiger partial charge in [-0.15, -0.1) is 0 Å². The Morgan fingerprint density at radius 1 is 0.880 bits per heavy atom. The third-order valence-corrected chi connectivity index (χ3v) is 9.10. The first kappa shape index (κ1) is 38.3. The normalized spacial score (nSPS) is 16.5. The number of amides is 1. The van der Waals surface area contributed by atoms with Gasteiger partial charge in [0.1, 0.15) is 23.5 Å². The van der Waals surface area contributed by atoms with Gasteiger partial charge in [0.2, 0.25) is 5.91 Å². The van der Waals surface area contributed by atoms with Gasteiger partial charge in [0.05, 0.1) is 20.1 Å². The van der Waals surface area contributed by atoms with Crippen LogP contribution in [-0.2, 0) is 30.3 Å². The minimum Gasteiger partial charge on any atom is -0.493 e. The summed E-state index contributed by atoms with van der Waals surface area (Å²) < 4.78 is 28.5. The molecule has 3 aromatic rings. The molecule has 1 fully saturated rings. The molecule has 1 heterocycles. The lowest BCUT2D eigenvalue weighted by atomic mass is 9.83. The molecule has 4 atom stereocenters. The van der Waals surface area contributed by atoms with Crippen molar-refractivity contribution in [2.75, 3.05) is 27.4 Å². The van der Waals surface area contributed by atoms with E-state index >= 15 is 0 Å². The van der Waals surface area contributed by atoms with Crippen molar-refractivity contribution in [3.8, 4) is 17.2 Å². The SMILES string of the molecule is CCC(C)C(C(=O)N1CCCC[C@H]1C(=O)O[C@H](CCc1ccc(OC)c(OC)c1)c1cccc(OCC(=O)OC(C)(C)C)c1)c1ccccc1. The van der Waals surface area contributed by atoms with Crippen LogP contribution in [0.3, 0.4) is 0 Å². The topological polar surface area (TPSA) is 101 Å². The molecule has 0 N–H and O–H groups in total. The van der Waals surface area contributed by atoms with E-state index in [2.05, 4.69) is 13.8 Å². The summed E-state index contributed by atoms with van der Waals surface area (Å²) in [6, 6.07) is 22.1. The van der Waals surface area contributed by atoms with Crippen LogP contribution < -0.4 is 14.2 Å². The zero-order chi connectivity index (χ0) is 36.3. The minimum absolute atomic E-state index is 0.0355. The first-order valence-electron chi connectivity index (χ1n) is 17.7. The van der Waals surface area contributed by atoms with Crippen LogP contribution in [0, 0.1) is 5.92 Å². The van der Waals surface area contributed by atoms with Crippen LogP contribution in [0.1, 0.15) is 95.4 Å². The molecule has 270 valence electrons. The van der Waals surface area contributed by atoms with Crippen LogP contribution in [0.15, 0.2) is 72.8 Å². The Morgan fingerprint density at radius 2 is 1.60 bits per heavy atom. The van der Waals surface area contributed by atoms with Gasteiger partial charge in [-0.25, -0.2) is 9.59 Å². The predicted molar refractivity (Wildman–Crippen MR) is 192 cm³/mol. The summed E-state index contributed by atoms with van der Waals surface area (Å²) in [4.78, 5) is 42.6. The minimum atomic E-state index is -0.693. The predicted octanol–water partition coefficient (Wildman–Crippen LogP) is 7.85. The molecule has 9 heteroatoms. The number of likely N-dealkylation sites (tertiary alicyclic amines) is 1. The molecule has 1 amide bonds. The second-order valence-corrected chi connectivity index (χ2v) is 13.9. The Balaban J connectivity index is 1.59. The molecule has 4 rings (SSSR count). The van der Waals surface area contributed by atoms with E-state index in [0.717, 1.165) is 36.0 Å². The molecule has 50 heavy (non-hydrogen) atoms. The molecule has 2 unspecified atom stereocenters. The maximum Gasteiger partial charge on any atom is 0.344 e. The van der Waals surface area contributed by atoms with Gasteiger partial charge in [-0.1, -0.05) is 68.8 Å². The van der Waals surface area contributed by atoms with Crippen LogP contribution in [0.4, 0.5) is 0 Å². The average molecular weight is 688 g/mol. The lowest BCUT2D eigenvalue weighted by Crippen LogP contribution is -2.51. The summed E-state index contributed by atoms with van der Waals surface area (Å²) in [5.41, 5.74) is 2.03. The number of methoxy groups -OCH3 is 2. The molecule has 0 aromatic heterocycles. The number of piperidine rings is 1. The highest BCUT2D eigenvalue weighted by molar-refractivity contribution is 5.89. The first-order valence-corrected chi connectivity index (χ1v) is 17.7. The Morgan fingerprint density at radius 3 is 2.28 bits per heavy atom. The maximum absolute atomic E-state index is 14.3. The monoisotopic (exact) mass is 687 g/mol. The molecule has 1 saturated heterocycles. The van der Waals surface area contributed by atoms with Crippen LogP contribution in [0.5, 0.6) is 17.2 Å². The zero-order valence-corrected chi connectivity index (χ0v) is 30.6. The molecule has 0 spiro atoms. The standard InChI is InChI=1S/C41H53NO8/c1-8-28(2)38(30-15-10-9-11-16-30)39(44)42-24-13-12-19-33(42)40(45)49-34(22-20-29-21-23-35(46-6)36(25-29)47-7)31-17-14-18-32(26-31)48-27-37(43)50-41(3,4)5/h9-11,14-18,21,23,25-26,28,33-34,38H,8,12-13,19-20,22,24,27H2,1-7H3/t28?,33-,34+,38?/m0/s1. The van der Waals surface area contributed by atoms with E-state index in [-0.39, 0.29) is 24.3 Å². The fourth-order valence-corrected chi connectivity index (χ4v) is 6.39. The third kappa shape index (κ3) is 10.5. The van der Waals surface area contributed by atoms with Crippen LogP contribution >= 0.6 is 0 Å². The number of rotatable bonds is 15. The van der Waals surface area contributed by atoms with Gasteiger partial charge >= 0.3 is 11.9 Å². The van der Waals surface area contributed by atoms with Gasteiger partial charge in [-0.2, -0.15) is 0 Å². The molecule has 0 aliphatic carbocycles. The zero-order valence-electron chi connectivity index (χ0n) is 30.6. The molecular weight excluding hydrogens is 634 g/mol. The number of esters is 2. The van der Waals surface area contributed by atoms with E-state index in [1.165, 1.54) is 0 Å². The number of hydrogen-bond acceptors (Lipinski definition) is 8. The number of benzene rings is 3. The van der Waals surface area contributed by atoms with Gasteiger partial charge in [0.15, 0.2) is 18.1 Å². The number of aryl methyl sites for hydroxylation is 1. The highest BCUT2D eigenvalue weighted by Crippen LogP contribution is 2.34. The highest BCUT2D eigenvalue weighted by atomic mass is 16.6. The molecule has 0 radical (unpaired) electrons. The van der Waals surface area contributed by atoms with Crippen molar-refractivity contribution in [2.45, 2.75) is 96.8 Å². The lowest BCUT2D eigenvalue weighted by Gasteiger charge is -2.38. The number of ether oxygens (including phenoxy) is 5. The van der Waals surface area contributed by atoms with Crippen LogP contribution in [0.2, 0.25) is 0 Å². The van der Waals surface area contributed by atoms with Crippen molar-refractivity contribution >= 4 is 17.8 Å². The molecule has 9 nitrogen and oxygen atoms in total. The summed E-state index contributed by atoms with van der Waals surface area (Å²) in [5.74, 6) is 0.499. The number of carbonyl (C=O) groups excluding carboxylic acids is 3. The average Bonchev–Trinajstić information content (AvgIpc) is 3.12. The number of nitrogens with zero attached hydrogens (tertiary/aromatic N) is 1. The lowest BCUT2D eigenvalue weighted by molar-refractivity contribution is -0.163. The molecular formula is C41H53NO8. The van der Waals surface area contributed by atoms with Crippen molar-refractivity contribution < 1.29 is 38.1 Å². The fourth-order valence-electron chi connectivity index (χ4n) is 6.39. The van der Waals surface area contributed by atoms with Gasteiger partial charge in [0, 0.05) is 6.54 Å². The molecule has 0 saturated carbocycles. The Labute approximate surface area is 297 Å². The van der Waals surface area contributed by atoms with Crippen molar-refractivity contribution in [3.05, 3.63) is 89.5 Å². The van der Waals surface area contributed by atoms with Gasteiger partial charge < -0.3 is 28.6 Å². The molecule has 3 aromatic carbocycles. The summed E-state index contributed by atoms with van der Waals surface area (Å²) >= 11 is 0. The van der Waals surface area contributed by atoms with Gasteiger partial charge in [-0.3, -0.25) is 4.79 Å². The summed E-state index contributed by atoms with van der Waals surface area (Å²) in [6.45, 7) is 9.83. The van der Waals surface area contributed by atoms with E-state index in [4.69, 9.17) is 23.7 Å². The summed E-state index contributed by atoms with van der Waals surface area (Å²) in [5, 5.41) is 0. The molecule has 1 aliphatic rings. The molecule has 1 aliphatic heterocycles. The number of carbonyl (C=O) groups is 3. The Bertz CT molecular complexity index is 1570. The van der Waals surface area contributed by atoms with Crippen molar-refractivity contribution in [3.63, 3.8) is 0 Å². The maximum atomic E-state index is 14.3. The quantitative estimate of drug-likeness (QED) is 0.149. The van der Waals surface area contributed by atoms with E-state index in [1.807, 2.05) is 60.7 Å². The van der Waals surface area contributed by atoms with Crippen LogP contribution in [-0.4, -0.2) is 61.8 Å². The fraction of sp³-hybridized carbons (Fsp3) is 0.488. The van der Waals surface area contributed by atoms with Gasteiger partial charge in [0.25, 0.3) is 0 Å². The highest BCUT2D eigenvalue weighted by Gasteiger charge is 2.39. The van der Waals surface area contributed by atoms with Crippen LogP contribution in [0.25, 0.3) is 0 Å². The largest absolute Gasteiger partial charge is 0.493 e. The third-order valence-electron chi connectivity index (χ3n) is 9.10. The summed E-state index contributed by atoms with van der Waals surface area (Å²) in [6.07, 6.45) is 3.39.